The molecule has 0 spiro atoms. The number of furan rings is 1. The molecule has 2 heterocycles. The maximum atomic E-state index is 9.52. The number of allylic oxidation sites excluding steroid dienone is 1. The van der Waals surface area contributed by atoms with Gasteiger partial charge in [-0.2, -0.15) is 5.26 Å². The Balaban J connectivity index is 1.46. The molecular weight excluding hydrogens is 428 g/mol. The van der Waals surface area contributed by atoms with Crippen LogP contribution in [0.5, 0.6) is 0 Å². The van der Waals surface area contributed by atoms with Crippen molar-refractivity contribution < 1.29 is 4.42 Å². The molecule has 4 aromatic carbocycles. The number of hydrogen-bond acceptors (Lipinski definition) is 2. The van der Waals surface area contributed by atoms with Gasteiger partial charge in [0.25, 0.3) is 0 Å². The van der Waals surface area contributed by atoms with Gasteiger partial charge in [-0.15, -0.1) is 6.42 Å². The molecule has 0 saturated heterocycles. The molecule has 0 bridgehead atoms. The highest BCUT2D eigenvalue weighted by molar-refractivity contribution is 6.09. The number of aromatic nitrogens is 1. The summed E-state index contributed by atoms with van der Waals surface area (Å²) in [6, 6.07) is 32.7. The van der Waals surface area contributed by atoms with Gasteiger partial charge < -0.3 is 8.98 Å². The zero-order chi connectivity index (χ0) is 23.8. The highest BCUT2D eigenvalue weighted by Crippen LogP contribution is 2.34. The van der Waals surface area contributed by atoms with Crippen LogP contribution in [0, 0.1) is 23.7 Å². The second-order valence-corrected chi connectivity index (χ2v) is 8.41. The Hall–Kier alpha value is -4.99. The Bertz CT molecular complexity index is 1850. The molecule has 2 aromatic heterocycles. The number of fused-ring (bicyclic) bond motifs is 4. The Morgan fingerprint density at radius 2 is 1.57 bits per heavy atom. The minimum absolute atomic E-state index is 0.644. The summed E-state index contributed by atoms with van der Waals surface area (Å²) in [5.74, 6) is 3.47. The van der Waals surface area contributed by atoms with E-state index in [0.717, 1.165) is 44.2 Å². The largest absolute Gasteiger partial charge is 0.455 e. The fourth-order valence-corrected chi connectivity index (χ4v) is 4.82. The maximum absolute atomic E-state index is 9.52. The average Bonchev–Trinajstić information content (AvgIpc) is 3.43. The highest BCUT2D eigenvalue weighted by Gasteiger charge is 2.15. The summed E-state index contributed by atoms with van der Waals surface area (Å²) >= 11 is 0. The quantitative estimate of drug-likeness (QED) is 0.260. The van der Waals surface area contributed by atoms with E-state index in [4.69, 9.17) is 10.8 Å². The number of nitriles is 1. The standard InChI is InChI=1S/C32H20N2O/c1-2-24-27-13-5-8-16-32(27)35-31(24)17-9-11-23-10-3-6-14-28(23)34-29-15-7-4-12-25(29)26-19-18-22(21-33)20-30(26)34/h1,3-10,12-20H,11H2/b17-9-. The third kappa shape index (κ3) is 3.39. The van der Waals surface area contributed by atoms with E-state index >= 15 is 0 Å². The average molecular weight is 449 g/mol. The summed E-state index contributed by atoms with van der Waals surface area (Å²) in [6.45, 7) is 0. The number of rotatable bonds is 4. The Morgan fingerprint density at radius 3 is 2.43 bits per heavy atom. The van der Waals surface area contributed by atoms with Crippen molar-refractivity contribution in [2.75, 3.05) is 0 Å². The van der Waals surface area contributed by atoms with E-state index in [9.17, 15) is 5.26 Å². The predicted molar refractivity (Wildman–Crippen MR) is 142 cm³/mol. The summed E-state index contributed by atoms with van der Waals surface area (Å²) in [7, 11) is 0. The number of para-hydroxylation sites is 3. The lowest BCUT2D eigenvalue weighted by atomic mass is 10.1. The van der Waals surface area contributed by atoms with Gasteiger partial charge in [-0.05, 0) is 54.5 Å². The summed E-state index contributed by atoms with van der Waals surface area (Å²) in [5, 5.41) is 12.8. The molecule has 0 aliphatic heterocycles. The first-order valence-electron chi connectivity index (χ1n) is 11.4. The van der Waals surface area contributed by atoms with E-state index in [1.54, 1.807) is 0 Å². The summed E-state index contributed by atoms with van der Waals surface area (Å²) in [6.07, 6.45) is 10.5. The molecular formula is C32H20N2O. The Morgan fingerprint density at radius 1 is 0.829 bits per heavy atom. The predicted octanol–water partition coefficient (Wildman–Crippen LogP) is 7.64. The first kappa shape index (κ1) is 20.6. The minimum Gasteiger partial charge on any atom is -0.455 e. The second kappa shape index (κ2) is 8.41. The van der Waals surface area contributed by atoms with E-state index in [-0.39, 0.29) is 0 Å². The van der Waals surface area contributed by atoms with Gasteiger partial charge in [0.15, 0.2) is 0 Å². The third-order valence-corrected chi connectivity index (χ3v) is 6.41. The lowest BCUT2D eigenvalue weighted by molar-refractivity contribution is 0.603. The zero-order valence-corrected chi connectivity index (χ0v) is 18.9. The van der Waals surface area contributed by atoms with Crippen LogP contribution in [0.4, 0.5) is 0 Å². The van der Waals surface area contributed by atoms with Crippen molar-refractivity contribution in [2.24, 2.45) is 0 Å². The minimum atomic E-state index is 0.644. The van der Waals surface area contributed by atoms with Crippen LogP contribution in [0.25, 0.3) is 44.5 Å². The van der Waals surface area contributed by atoms with Gasteiger partial charge >= 0.3 is 0 Å². The molecule has 0 aliphatic rings. The van der Waals surface area contributed by atoms with Crippen LogP contribution >= 0.6 is 0 Å². The van der Waals surface area contributed by atoms with Gasteiger partial charge in [0, 0.05) is 21.8 Å². The van der Waals surface area contributed by atoms with E-state index in [2.05, 4.69) is 59.0 Å². The molecule has 0 radical (unpaired) electrons. The van der Waals surface area contributed by atoms with Gasteiger partial charge in [-0.1, -0.05) is 66.6 Å². The normalized spacial score (nSPS) is 11.4. The molecule has 0 fully saturated rings. The van der Waals surface area contributed by atoms with Crippen LogP contribution < -0.4 is 0 Å². The third-order valence-electron chi connectivity index (χ3n) is 6.41. The fraction of sp³-hybridized carbons (Fsp3) is 0.0312. The van der Waals surface area contributed by atoms with Crippen LogP contribution in [-0.2, 0) is 6.42 Å². The van der Waals surface area contributed by atoms with E-state index in [0.29, 0.717) is 17.7 Å². The smallest absolute Gasteiger partial charge is 0.143 e. The molecule has 6 rings (SSSR count). The molecule has 3 heteroatoms. The van der Waals surface area contributed by atoms with Crippen molar-refractivity contribution in [3.05, 3.63) is 120 Å². The van der Waals surface area contributed by atoms with Crippen molar-refractivity contribution >= 4 is 38.9 Å². The molecule has 0 aliphatic carbocycles. The summed E-state index contributed by atoms with van der Waals surface area (Å²) in [5.41, 5.74) is 6.59. The number of terminal acetylenes is 1. The second-order valence-electron chi connectivity index (χ2n) is 8.41. The number of hydrogen-bond donors (Lipinski definition) is 0. The van der Waals surface area contributed by atoms with Gasteiger partial charge in [0.1, 0.15) is 11.3 Å². The first-order chi connectivity index (χ1) is 17.3. The fourth-order valence-electron chi connectivity index (χ4n) is 4.82. The molecule has 0 amide bonds. The van der Waals surface area contributed by atoms with Crippen LogP contribution in [-0.4, -0.2) is 4.57 Å². The molecule has 0 saturated carbocycles. The SMILES string of the molecule is C#Cc1c(/C=C\Cc2ccccc2-n2c3ccccc3c3ccc(C#N)cc32)oc2ccccc12. The topological polar surface area (TPSA) is 41.9 Å². The molecule has 35 heavy (non-hydrogen) atoms. The van der Waals surface area contributed by atoms with Crippen molar-refractivity contribution in [2.45, 2.75) is 6.42 Å². The van der Waals surface area contributed by atoms with Crippen molar-refractivity contribution in [3.8, 4) is 24.1 Å². The van der Waals surface area contributed by atoms with Crippen LogP contribution in [0.2, 0.25) is 0 Å². The summed E-state index contributed by atoms with van der Waals surface area (Å²) in [4.78, 5) is 0. The van der Waals surface area contributed by atoms with Crippen LogP contribution in [0.3, 0.4) is 0 Å². The molecule has 0 atom stereocenters. The molecule has 6 aromatic rings. The lowest BCUT2D eigenvalue weighted by Gasteiger charge is -2.12. The van der Waals surface area contributed by atoms with E-state index < -0.39 is 0 Å². The summed E-state index contributed by atoms with van der Waals surface area (Å²) < 4.78 is 8.26. The first-order valence-corrected chi connectivity index (χ1v) is 11.4. The number of nitrogens with zero attached hydrogens (tertiary/aromatic N) is 2. The Labute approximate surface area is 203 Å². The van der Waals surface area contributed by atoms with Gasteiger partial charge in [0.05, 0.1) is 28.2 Å². The highest BCUT2D eigenvalue weighted by atomic mass is 16.3. The van der Waals surface area contributed by atoms with Gasteiger partial charge in [-0.3, -0.25) is 0 Å². The van der Waals surface area contributed by atoms with Gasteiger partial charge in [-0.25, -0.2) is 0 Å². The molecule has 164 valence electrons. The Kier molecular flexibility index (Phi) is 4.95. The van der Waals surface area contributed by atoms with Crippen molar-refractivity contribution in [1.82, 2.24) is 4.57 Å². The zero-order valence-electron chi connectivity index (χ0n) is 18.9. The molecule has 3 nitrogen and oxygen atoms in total. The van der Waals surface area contributed by atoms with Crippen LogP contribution in [0.15, 0.2) is 101 Å². The van der Waals surface area contributed by atoms with E-state index in [1.165, 1.54) is 5.39 Å². The van der Waals surface area contributed by atoms with Gasteiger partial charge in [0.2, 0.25) is 0 Å². The molecule has 0 unspecified atom stereocenters. The van der Waals surface area contributed by atoms with Crippen molar-refractivity contribution in [1.29, 1.82) is 5.26 Å². The lowest BCUT2D eigenvalue weighted by Crippen LogP contribution is -1.99. The monoisotopic (exact) mass is 448 g/mol. The van der Waals surface area contributed by atoms with Crippen LogP contribution in [0.1, 0.15) is 22.5 Å². The van der Waals surface area contributed by atoms with E-state index in [1.807, 2.05) is 60.7 Å². The van der Waals surface area contributed by atoms with Crippen molar-refractivity contribution in [3.63, 3.8) is 0 Å². The maximum Gasteiger partial charge on any atom is 0.143 e. The number of benzene rings is 4. The molecule has 0 N–H and O–H groups in total.